The molecule has 1 aromatic carbocycles. The molecule has 210 valence electrons. The van der Waals surface area contributed by atoms with Gasteiger partial charge in [0.05, 0.1) is 38.2 Å². The van der Waals surface area contributed by atoms with Crippen LogP contribution >= 0.6 is 0 Å². The van der Waals surface area contributed by atoms with Crippen molar-refractivity contribution in [2.24, 2.45) is 23.1 Å². The van der Waals surface area contributed by atoms with Crippen molar-refractivity contribution in [3.05, 3.63) is 36.5 Å². The number of benzene rings is 1. The minimum atomic E-state index is -0.670. The van der Waals surface area contributed by atoms with Gasteiger partial charge in [0.2, 0.25) is 11.8 Å². The van der Waals surface area contributed by atoms with Gasteiger partial charge in [-0.25, -0.2) is 0 Å². The molecule has 38 heavy (non-hydrogen) atoms. The molecule has 1 heterocycles. The van der Waals surface area contributed by atoms with Crippen LogP contribution in [0.5, 0.6) is 0 Å². The standard InChI is InChI=1S/C29H47N7O2/c1-36(19-15-30,20-16-31)18-6-10-25(32)28(37)35-27(13-11-22-7-3-2-4-8-22)29(38)34-24-12-14-26-23(21-24)9-5-17-33-26/h5,9,12,14,17,21-22,25,27H,2-4,6-8,10-11,13,15-16,18-20,30-32H2,1H3,(H-,34,35,37,38)/p+1/t25-,27-/m0/s1. The van der Waals surface area contributed by atoms with Gasteiger partial charge < -0.3 is 32.3 Å². The van der Waals surface area contributed by atoms with Crippen LogP contribution in [0, 0.1) is 5.92 Å². The first kappa shape index (κ1) is 30.0. The molecule has 0 saturated heterocycles. The maximum Gasteiger partial charge on any atom is 0.246 e. The van der Waals surface area contributed by atoms with Crippen molar-refractivity contribution < 1.29 is 14.1 Å². The number of nitrogens with one attached hydrogen (secondary N) is 2. The second-order valence-electron chi connectivity index (χ2n) is 11.2. The van der Waals surface area contributed by atoms with E-state index in [1.807, 2.05) is 30.3 Å². The minimum Gasteiger partial charge on any atom is -0.343 e. The number of rotatable bonds is 15. The van der Waals surface area contributed by atoms with Gasteiger partial charge in [-0.2, -0.15) is 0 Å². The average Bonchev–Trinajstić information content (AvgIpc) is 2.91. The monoisotopic (exact) mass is 526 g/mol. The highest BCUT2D eigenvalue weighted by atomic mass is 16.2. The maximum atomic E-state index is 13.4. The maximum absolute atomic E-state index is 13.4. The smallest absolute Gasteiger partial charge is 0.246 e. The molecule has 1 aromatic heterocycles. The molecular formula is C29H48N7O2+. The summed E-state index contributed by atoms with van der Waals surface area (Å²) >= 11 is 0. The van der Waals surface area contributed by atoms with Gasteiger partial charge >= 0.3 is 0 Å². The molecule has 0 unspecified atom stereocenters. The van der Waals surface area contributed by atoms with E-state index >= 15 is 0 Å². The highest BCUT2D eigenvalue weighted by molar-refractivity contribution is 5.99. The van der Waals surface area contributed by atoms with Gasteiger partial charge in [-0.3, -0.25) is 14.6 Å². The number of fused-ring (bicyclic) bond motifs is 1. The molecule has 8 N–H and O–H groups in total. The second-order valence-corrected chi connectivity index (χ2v) is 11.2. The summed E-state index contributed by atoms with van der Waals surface area (Å²) in [6.45, 7) is 3.72. The summed E-state index contributed by atoms with van der Waals surface area (Å²) in [5.41, 5.74) is 19.4. The normalized spacial score (nSPS) is 16.2. The topological polar surface area (TPSA) is 149 Å². The van der Waals surface area contributed by atoms with Crippen LogP contribution in [0.25, 0.3) is 10.9 Å². The molecule has 1 fully saturated rings. The fourth-order valence-corrected chi connectivity index (χ4v) is 5.59. The first-order valence-corrected chi connectivity index (χ1v) is 14.3. The quantitative estimate of drug-likeness (QED) is 0.225. The summed E-state index contributed by atoms with van der Waals surface area (Å²) in [6, 6.07) is 8.17. The Balaban J connectivity index is 1.60. The van der Waals surface area contributed by atoms with Gasteiger partial charge in [-0.15, -0.1) is 0 Å². The highest BCUT2D eigenvalue weighted by Gasteiger charge is 2.27. The number of amides is 2. The number of quaternary nitrogens is 1. The Morgan fingerprint density at radius 2 is 1.76 bits per heavy atom. The fraction of sp³-hybridized carbons (Fsp3) is 0.621. The molecule has 0 radical (unpaired) electrons. The SMILES string of the molecule is C[N+](CCN)(CCN)CCC[C@H](N)C(=O)N[C@@H](CCC1CCCCC1)C(=O)Nc1ccc2ncccc2c1. The lowest BCUT2D eigenvalue weighted by Gasteiger charge is -2.34. The molecule has 9 heteroatoms. The van der Waals surface area contributed by atoms with E-state index in [-0.39, 0.29) is 11.8 Å². The van der Waals surface area contributed by atoms with E-state index in [0.717, 1.165) is 47.9 Å². The lowest BCUT2D eigenvalue weighted by molar-refractivity contribution is -0.907. The van der Waals surface area contributed by atoms with Crippen LogP contribution < -0.4 is 27.8 Å². The third-order valence-corrected chi connectivity index (χ3v) is 7.98. The number of carbonyl (C=O) groups is 2. The fourth-order valence-electron chi connectivity index (χ4n) is 5.59. The third-order valence-electron chi connectivity index (χ3n) is 7.98. The molecule has 1 aliphatic rings. The van der Waals surface area contributed by atoms with E-state index in [4.69, 9.17) is 17.2 Å². The number of nitrogens with zero attached hydrogens (tertiary/aromatic N) is 2. The lowest BCUT2D eigenvalue weighted by atomic mass is 9.85. The van der Waals surface area contributed by atoms with E-state index in [1.165, 1.54) is 32.1 Å². The Bertz CT molecular complexity index is 1020. The zero-order chi connectivity index (χ0) is 27.4. The van der Waals surface area contributed by atoms with Crippen molar-refractivity contribution in [2.75, 3.05) is 45.1 Å². The average molecular weight is 527 g/mol. The first-order valence-electron chi connectivity index (χ1n) is 14.3. The van der Waals surface area contributed by atoms with Gasteiger partial charge in [0.25, 0.3) is 0 Å². The molecule has 0 bridgehead atoms. The van der Waals surface area contributed by atoms with Crippen molar-refractivity contribution in [1.29, 1.82) is 0 Å². The Morgan fingerprint density at radius 1 is 1.03 bits per heavy atom. The van der Waals surface area contributed by atoms with E-state index < -0.39 is 12.1 Å². The largest absolute Gasteiger partial charge is 0.343 e. The van der Waals surface area contributed by atoms with Crippen LogP contribution in [0.15, 0.2) is 36.5 Å². The van der Waals surface area contributed by atoms with Crippen molar-refractivity contribution in [3.8, 4) is 0 Å². The molecule has 2 aromatic rings. The Labute approximate surface area is 227 Å². The van der Waals surface area contributed by atoms with Crippen LogP contribution in [0.1, 0.15) is 57.8 Å². The Kier molecular flexibility index (Phi) is 11.9. The number of carbonyl (C=O) groups excluding carboxylic acids is 2. The van der Waals surface area contributed by atoms with Gasteiger partial charge in [0.15, 0.2) is 0 Å². The predicted octanol–water partition coefficient (Wildman–Crippen LogP) is 2.49. The molecule has 1 saturated carbocycles. The minimum absolute atomic E-state index is 0.209. The van der Waals surface area contributed by atoms with Gasteiger partial charge in [0, 0.05) is 30.4 Å². The van der Waals surface area contributed by atoms with E-state index in [2.05, 4.69) is 22.7 Å². The molecule has 2 amide bonds. The summed E-state index contributed by atoms with van der Waals surface area (Å²) < 4.78 is 0.773. The zero-order valence-corrected chi connectivity index (χ0v) is 23.0. The number of anilines is 1. The Morgan fingerprint density at radius 3 is 2.47 bits per heavy atom. The van der Waals surface area contributed by atoms with E-state index in [1.54, 1.807) is 6.20 Å². The number of hydrogen-bond acceptors (Lipinski definition) is 6. The van der Waals surface area contributed by atoms with Crippen LogP contribution in [0.4, 0.5) is 5.69 Å². The van der Waals surface area contributed by atoms with Crippen molar-refractivity contribution >= 4 is 28.4 Å². The molecule has 0 aliphatic heterocycles. The highest BCUT2D eigenvalue weighted by Crippen LogP contribution is 2.28. The van der Waals surface area contributed by atoms with Crippen LogP contribution in [0.2, 0.25) is 0 Å². The first-order chi connectivity index (χ1) is 18.3. The van der Waals surface area contributed by atoms with Gasteiger partial charge in [0.1, 0.15) is 6.04 Å². The van der Waals surface area contributed by atoms with Crippen molar-refractivity contribution in [3.63, 3.8) is 0 Å². The molecule has 1 aliphatic carbocycles. The summed E-state index contributed by atoms with van der Waals surface area (Å²) in [5, 5.41) is 6.94. The molecular weight excluding hydrogens is 478 g/mol. The number of likely N-dealkylation sites (N-methyl/N-ethyl adjacent to an activating group) is 1. The second kappa shape index (κ2) is 15.1. The molecule has 2 atom stereocenters. The van der Waals surface area contributed by atoms with Crippen LogP contribution in [0.3, 0.4) is 0 Å². The summed E-state index contributed by atoms with van der Waals surface area (Å²) in [5.74, 6) is 0.125. The Hall–Kier alpha value is -2.59. The molecule has 0 spiro atoms. The summed E-state index contributed by atoms with van der Waals surface area (Å²) in [4.78, 5) is 30.8. The van der Waals surface area contributed by atoms with Gasteiger partial charge in [-0.1, -0.05) is 38.2 Å². The molecule has 3 rings (SSSR count). The van der Waals surface area contributed by atoms with E-state index in [9.17, 15) is 9.59 Å². The summed E-state index contributed by atoms with van der Waals surface area (Å²) in [6.07, 6.45) is 10.8. The van der Waals surface area contributed by atoms with Crippen molar-refractivity contribution in [1.82, 2.24) is 10.3 Å². The van der Waals surface area contributed by atoms with Crippen molar-refractivity contribution in [2.45, 2.75) is 69.9 Å². The number of nitrogens with two attached hydrogens (primary N) is 3. The van der Waals surface area contributed by atoms with Crippen LogP contribution in [-0.4, -0.2) is 73.1 Å². The third kappa shape index (κ3) is 9.31. The van der Waals surface area contributed by atoms with Crippen LogP contribution in [-0.2, 0) is 9.59 Å². The van der Waals surface area contributed by atoms with E-state index in [0.29, 0.717) is 37.5 Å². The number of hydrogen-bond donors (Lipinski definition) is 5. The molecule has 9 nitrogen and oxygen atoms in total. The number of aromatic nitrogens is 1. The summed E-state index contributed by atoms with van der Waals surface area (Å²) in [7, 11) is 2.14. The lowest BCUT2D eigenvalue weighted by Crippen LogP contribution is -2.52. The zero-order valence-electron chi connectivity index (χ0n) is 23.0. The number of pyridine rings is 1. The predicted molar refractivity (Wildman–Crippen MR) is 154 cm³/mol. The van der Waals surface area contributed by atoms with Gasteiger partial charge in [-0.05, 0) is 55.9 Å².